The van der Waals surface area contributed by atoms with Crippen LogP contribution in [0.25, 0.3) is 11.2 Å². The van der Waals surface area contributed by atoms with Crippen molar-refractivity contribution in [2.75, 3.05) is 5.75 Å². The molecule has 0 atom stereocenters. The second-order valence-corrected chi connectivity index (χ2v) is 8.44. The Morgan fingerprint density at radius 2 is 1.87 bits per heavy atom. The minimum atomic E-state index is -3.33. The molecule has 7 nitrogen and oxygen atoms in total. The second kappa shape index (κ2) is 8.98. The van der Waals surface area contributed by atoms with Crippen LogP contribution in [-0.4, -0.2) is 36.0 Å². The number of thioether (sulfide) groups is 1. The number of Topliss-reactive ketones (excluding diaryl/α,β-unsaturated/α-hetero) is 1. The number of ketones is 1. The van der Waals surface area contributed by atoms with Crippen LogP contribution in [0.2, 0.25) is 0 Å². The maximum Gasteiger partial charge on any atom is 0.290 e. The van der Waals surface area contributed by atoms with E-state index in [9.17, 15) is 18.4 Å². The number of halogens is 2. The number of rotatable bonds is 8. The van der Waals surface area contributed by atoms with Gasteiger partial charge in [-0.1, -0.05) is 42.1 Å². The van der Waals surface area contributed by atoms with E-state index in [2.05, 4.69) is 19.9 Å². The molecule has 0 saturated heterocycles. The normalized spacial score (nSPS) is 11.7. The van der Waals surface area contributed by atoms with Crippen molar-refractivity contribution in [3.05, 3.63) is 75.2 Å². The van der Waals surface area contributed by atoms with Crippen molar-refractivity contribution in [2.45, 2.75) is 24.0 Å². The van der Waals surface area contributed by atoms with E-state index in [1.165, 1.54) is 48.0 Å². The minimum Gasteiger partial charge on any atom is -0.298 e. The first-order valence-electron chi connectivity index (χ1n) is 9.12. The maximum atomic E-state index is 14.9. The summed E-state index contributed by atoms with van der Waals surface area (Å²) < 4.78 is 30.8. The van der Waals surface area contributed by atoms with Gasteiger partial charge in [-0.25, -0.2) is 19.9 Å². The number of carbonyl (C=O) groups excluding carboxylic acids is 1. The first kappa shape index (κ1) is 21.2. The minimum absolute atomic E-state index is 0.0129. The second-order valence-electron chi connectivity index (χ2n) is 6.51. The smallest absolute Gasteiger partial charge is 0.290 e. The van der Waals surface area contributed by atoms with Crippen LogP contribution >= 0.6 is 23.1 Å². The van der Waals surface area contributed by atoms with E-state index in [-0.39, 0.29) is 39.8 Å². The molecule has 0 amide bonds. The molecule has 0 spiro atoms. The van der Waals surface area contributed by atoms with E-state index in [1.54, 1.807) is 17.6 Å². The Hall–Kier alpha value is -3.05. The number of hydrogen-bond acceptors (Lipinski definition) is 8. The van der Waals surface area contributed by atoms with Crippen LogP contribution in [0, 0.1) is 0 Å². The van der Waals surface area contributed by atoms with Gasteiger partial charge in [0.05, 0.1) is 23.7 Å². The maximum absolute atomic E-state index is 14.9. The summed E-state index contributed by atoms with van der Waals surface area (Å²) in [6, 6.07) is 7.23. The van der Waals surface area contributed by atoms with Crippen LogP contribution in [0.5, 0.6) is 0 Å². The van der Waals surface area contributed by atoms with Gasteiger partial charge in [0.1, 0.15) is 5.78 Å². The third kappa shape index (κ3) is 4.83. The Kier molecular flexibility index (Phi) is 6.14. The quantitative estimate of drug-likeness (QED) is 0.295. The fraction of sp³-hybridized carbons (Fsp3) is 0.200. The zero-order chi connectivity index (χ0) is 21.8. The molecule has 0 aliphatic heterocycles. The van der Waals surface area contributed by atoms with Gasteiger partial charge in [0.25, 0.3) is 11.5 Å². The molecular weight excluding hydrogens is 444 g/mol. The van der Waals surface area contributed by atoms with E-state index < -0.39 is 18.0 Å². The zero-order valence-electron chi connectivity index (χ0n) is 15.9. The van der Waals surface area contributed by atoms with Crippen molar-refractivity contribution < 1.29 is 13.6 Å². The first-order valence-corrected chi connectivity index (χ1v) is 11.0. The lowest BCUT2D eigenvalue weighted by Gasteiger charge is -2.20. The molecule has 11 heteroatoms. The lowest BCUT2D eigenvalue weighted by atomic mass is 10.1. The summed E-state index contributed by atoms with van der Waals surface area (Å²) in [5, 5.41) is 2.42. The van der Waals surface area contributed by atoms with E-state index in [1.807, 2.05) is 0 Å². The molecule has 1 aromatic carbocycles. The van der Waals surface area contributed by atoms with E-state index >= 15 is 0 Å². The number of benzene rings is 1. The number of hydrogen-bond donors (Lipinski definition) is 0. The highest BCUT2D eigenvalue weighted by Gasteiger charge is 2.34. The summed E-state index contributed by atoms with van der Waals surface area (Å²) in [6.07, 6.45) is 4.39. The summed E-state index contributed by atoms with van der Waals surface area (Å²) in [7, 11) is 0. The molecule has 4 aromatic rings. The van der Waals surface area contributed by atoms with Crippen LogP contribution < -0.4 is 5.56 Å². The van der Waals surface area contributed by atoms with Gasteiger partial charge in [-0.15, -0.1) is 11.3 Å². The van der Waals surface area contributed by atoms with Crippen molar-refractivity contribution in [2.24, 2.45) is 0 Å². The number of thiazole rings is 1. The standard InChI is InChI=1S/C20H15F2N5O2S2/c21-20(22,13-4-2-1-3-5-13)12-27-18(29)16-17(25-7-6-24-16)26-19(27)31-11-14(28)10-15-23-8-9-30-15/h1-9H,10-12H2. The van der Waals surface area contributed by atoms with Crippen molar-refractivity contribution in [1.82, 2.24) is 24.5 Å². The van der Waals surface area contributed by atoms with Crippen LogP contribution in [0.3, 0.4) is 0 Å². The average molecular weight is 460 g/mol. The molecule has 0 unspecified atom stereocenters. The van der Waals surface area contributed by atoms with Gasteiger partial charge in [0.2, 0.25) is 0 Å². The Balaban J connectivity index is 1.66. The van der Waals surface area contributed by atoms with Crippen molar-refractivity contribution in [3.8, 4) is 0 Å². The Morgan fingerprint density at radius 1 is 1.10 bits per heavy atom. The van der Waals surface area contributed by atoms with Gasteiger partial charge in [0.15, 0.2) is 16.3 Å². The number of fused-ring (bicyclic) bond motifs is 1. The molecule has 3 aromatic heterocycles. The molecule has 0 radical (unpaired) electrons. The molecule has 0 saturated carbocycles. The van der Waals surface area contributed by atoms with Crippen molar-refractivity contribution in [3.63, 3.8) is 0 Å². The third-order valence-electron chi connectivity index (χ3n) is 4.31. The molecule has 0 aliphatic rings. The van der Waals surface area contributed by atoms with Crippen LogP contribution in [0.1, 0.15) is 10.6 Å². The molecule has 0 N–H and O–H groups in total. The monoisotopic (exact) mass is 459 g/mol. The molecule has 31 heavy (non-hydrogen) atoms. The fourth-order valence-electron chi connectivity index (χ4n) is 2.86. The van der Waals surface area contributed by atoms with Crippen LogP contribution in [0.4, 0.5) is 8.78 Å². The number of alkyl halides is 2. The highest BCUT2D eigenvalue weighted by Crippen LogP contribution is 2.31. The summed E-state index contributed by atoms with van der Waals surface area (Å²) in [6.45, 7) is -0.932. The van der Waals surface area contributed by atoms with E-state index in [0.717, 1.165) is 16.3 Å². The summed E-state index contributed by atoms with van der Waals surface area (Å²) in [5.41, 5.74) is -1.02. The fourth-order valence-corrected chi connectivity index (χ4v) is 4.35. The molecule has 4 rings (SSSR count). The molecule has 0 fully saturated rings. The lowest BCUT2D eigenvalue weighted by molar-refractivity contribution is -0.116. The molecule has 3 heterocycles. The number of nitrogens with zero attached hydrogens (tertiary/aromatic N) is 5. The van der Waals surface area contributed by atoms with Crippen LogP contribution in [0.15, 0.2) is 64.3 Å². The number of aromatic nitrogens is 5. The Bertz CT molecular complexity index is 1260. The van der Waals surface area contributed by atoms with Gasteiger partial charge in [-0.3, -0.25) is 14.2 Å². The van der Waals surface area contributed by atoms with E-state index in [4.69, 9.17) is 0 Å². The van der Waals surface area contributed by atoms with Gasteiger partial charge >= 0.3 is 0 Å². The third-order valence-corrected chi connectivity index (χ3v) is 6.12. The molecule has 0 aliphatic carbocycles. The SMILES string of the molecule is O=C(CSc1nc2nccnc2c(=O)n1CC(F)(F)c1ccccc1)Cc1nccs1. The zero-order valence-corrected chi connectivity index (χ0v) is 17.6. The van der Waals surface area contributed by atoms with Crippen molar-refractivity contribution >= 4 is 40.0 Å². The molecule has 158 valence electrons. The predicted octanol–water partition coefficient (Wildman–Crippen LogP) is 3.34. The molecular formula is C20H15F2N5O2S2. The van der Waals surface area contributed by atoms with Gasteiger partial charge in [-0.2, -0.15) is 8.78 Å². The van der Waals surface area contributed by atoms with Crippen molar-refractivity contribution in [1.29, 1.82) is 0 Å². The lowest BCUT2D eigenvalue weighted by Crippen LogP contribution is -2.32. The predicted molar refractivity (Wildman–Crippen MR) is 113 cm³/mol. The van der Waals surface area contributed by atoms with Crippen LogP contribution in [-0.2, 0) is 23.7 Å². The Labute approximate surface area is 183 Å². The summed E-state index contributed by atoms with van der Waals surface area (Å²) in [5.74, 6) is -3.54. The van der Waals surface area contributed by atoms with Gasteiger partial charge in [-0.05, 0) is 0 Å². The summed E-state index contributed by atoms with van der Waals surface area (Å²) in [4.78, 5) is 41.5. The number of carbonyl (C=O) groups is 1. The van der Waals surface area contributed by atoms with Gasteiger partial charge < -0.3 is 0 Å². The molecule has 0 bridgehead atoms. The summed E-state index contributed by atoms with van der Waals surface area (Å²) >= 11 is 2.28. The average Bonchev–Trinajstić information content (AvgIpc) is 3.28. The van der Waals surface area contributed by atoms with Gasteiger partial charge in [0, 0.05) is 29.5 Å². The van der Waals surface area contributed by atoms with E-state index in [0.29, 0.717) is 5.01 Å². The first-order chi connectivity index (χ1) is 14.9. The highest BCUT2D eigenvalue weighted by atomic mass is 32.2. The Morgan fingerprint density at radius 3 is 2.61 bits per heavy atom. The topological polar surface area (TPSA) is 90.6 Å². The highest BCUT2D eigenvalue weighted by molar-refractivity contribution is 7.99. The largest absolute Gasteiger partial charge is 0.298 e.